The first-order chi connectivity index (χ1) is 6.79. The minimum atomic E-state index is 0.729. The molecule has 0 amide bonds. The van der Waals surface area contributed by atoms with E-state index in [2.05, 4.69) is 31.4 Å². The molecule has 1 aliphatic heterocycles. The second-order valence-corrected chi connectivity index (χ2v) is 5.07. The number of rotatable bonds is 3. The van der Waals surface area contributed by atoms with Gasteiger partial charge in [0.15, 0.2) is 0 Å². The van der Waals surface area contributed by atoms with Crippen molar-refractivity contribution in [2.75, 3.05) is 26.7 Å². The van der Waals surface area contributed by atoms with Crippen molar-refractivity contribution in [2.45, 2.75) is 25.7 Å². The van der Waals surface area contributed by atoms with Crippen LogP contribution in [0.3, 0.4) is 0 Å². The standard InChI is InChI=1S/C13H22N/c1-14(10-5-2-6-11-14)12-9-13-7-3-4-8-13/h3-4,7-8,13H,2,5-6,9-12H2,1H3/q+1. The third-order valence-electron chi connectivity index (χ3n) is 3.73. The van der Waals surface area contributed by atoms with Crippen LogP contribution in [0.2, 0.25) is 0 Å². The Bertz CT molecular complexity index is 222. The first-order valence-corrected chi connectivity index (χ1v) is 5.97. The molecule has 0 saturated carbocycles. The molecule has 1 nitrogen and oxygen atoms in total. The molecule has 1 fully saturated rings. The topological polar surface area (TPSA) is 0 Å². The molecule has 0 aromatic rings. The molecule has 0 aromatic carbocycles. The van der Waals surface area contributed by atoms with Gasteiger partial charge in [-0.1, -0.05) is 24.3 Å². The minimum absolute atomic E-state index is 0.729. The maximum atomic E-state index is 2.43. The van der Waals surface area contributed by atoms with Crippen molar-refractivity contribution >= 4 is 0 Å². The lowest BCUT2D eigenvalue weighted by Crippen LogP contribution is -2.48. The first-order valence-electron chi connectivity index (χ1n) is 5.97. The fourth-order valence-electron chi connectivity index (χ4n) is 2.63. The van der Waals surface area contributed by atoms with Gasteiger partial charge in [-0.15, -0.1) is 0 Å². The van der Waals surface area contributed by atoms with E-state index in [4.69, 9.17) is 0 Å². The van der Waals surface area contributed by atoms with Crippen molar-refractivity contribution in [1.82, 2.24) is 0 Å². The van der Waals surface area contributed by atoms with Gasteiger partial charge in [0.1, 0.15) is 0 Å². The monoisotopic (exact) mass is 192 g/mol. The molecule has 1 aliphatic carbocycles. The van der Waals surface area contributed by atoms with Crippen molar-refractivity contribution in [3.63, 3.8) is 0 Å². The smallest absolute Gasteiger partial charge is 0.0793 e. The molecule has 1 heteroatoms. The molecule has 14 heavy (non-hydrogen) atoms. The van der Waals surface area contributed by atoms with Gasteiger partial charge in [0.25, 0.3) is 0 Å². The van der Waals surface area contributed by atoms with Crippen molar-refractivity contribution in [2.24, 2.45) is 5.92 Å². The van der Waals surface area contributed by atoms with Crippen LogP contribution in [0.25, 0.3) is 0 Å². The fraction of sp³-hybridized carbons (Fsp3) is 0.692. The zero-order valence-electron chi connectivity index (χ0n) is 9.28. The van der Waals surface area contributed by atoms with Crippen LogP contribution in [0, 0.1) is 5.92 Å². The van der Waals surface area contributed by atoms with E-state index in [9.17, 15) is 0 Å². The highest BCUT2D eigenvalue weighted by atomic mass is 15.3. The van der Waals surface area contributed by atoms with Crippen LogP contribution in [0.5, 0.6) is 0 Å². The summed E-state index contributed by atoms with van der Waals surface area (Å²) < 4.78 is 1.32. The Balaban J connectivity index is 1.78. The van der Waals surface area contributed by atoms with E-state index in [1.807, 2.05) is 0 Å². The average Bonchev–Trinajstić information content (AvgIpc) is 2.69. The van der Waals surface area contributed by atoms with Crippen LogP contribution in [0.1, 0.15) is 25.7 Å². The number of hydrogen-bond donors (Lipinski definition) is 0. The molecule has 2 aliphatic rings. The Morgan fingerprint density at radius 2 is 1.71 bits per heavy atom. The largest absolute Gasteiger partial charge is 0.326 e. The van der Waals surface area contributed by atoms with Crippen LogP contribution >= 0.6 is 0 Å². The lowest BCUT2D eigenvalue weighted by Gasteiger charge is -2.38. The zero-order chi connectivity index (χ0) is 9.86. The Morgan fingerprint density at radius 3 is 2.36 bits per heavy atom. The summed E-state index contributed by atoms with van der Waals surface area (Å²) in [5.41, 5.74) is 0. The highest BCUT2D eigenvalue weighted by molar-refractivity contribution is 5.17. The molecule has 0 radical (unpaired) electrons. The number of hydrogen-bond acceptors (Lipinski definition) is 0. The molecule has 78 valence electrons. The Hall–Kier alpha value is -0.560. The zero-order valence-corrected chi connectivity index (χ0v) is 9.28. The number of nitrogens with zero attached hydrogens (tertiary/aromatic N) is 1. The molecule has 0 atom stereocenters. The van der Waals surface area contributed by atoms with Crippen molar-refractivity contribution < 1.29 is 4.48 Å². The van der Waals surface area contributed by atoms with Gasteiger partial charge >= 0.3 is 0 Å². The molecule has 0 unspecified atom stereocenters. The summed E-state index contributed by atoms with van der Waals surface area (Å²) in [6.07, 6.45) is 14.7. The average molecular weight is 192 g/mol. The number of allylic oxidation sites excluding steroid dienone is 4. The van der Waals surface area contributed by atoms with Crippen LogP contribution in [-0.4, -0.2) is 31.2 Å². The lowest BCUT2D eigenvalue weighted by atomic mass is 10.0. The van der Waals surface area contributed by atoms with Crippen LogP contribution in [0.15, 0.2) is 24.3 Å². The van der Waals surface area contributed by atoms with Gasteiger partial charge in [0, 0.05) is 12.3 Å². The van der Waals surface area contributed by atoms with Gasteiger partial charge in [-0.25, -0.2) is 0 Å². The molecule has 0 spiro atoms. The van der Waals surface area contributed by atoms with E-state index in [1.54, 1.807) is 0 Å². The second-order valence-electron chi connectivity index (χ2n) is 5.07. The first kappa shape index (κ1) is 9.97. The van der Waals surface area contributed by atoms with Crippen LogP contribution in [-0.2, 0) is 0 Å². The summed E-state index contributed by atoms with van der Waals surface area (Å²) in [5, 5.41) is 0. The normalized spacial score (nSPS) is 25.8. The lowest BCUT2D eigenvalue weighted by molar-refractivity contribution is -0.914. The Kier molecular flexibility index (Phi) is 3.07. The highest BCUT2D eigenvalue weighted by Crippen LogP contribution is 2.20. The third kappa shape index (κ3) is 2.48. The maximum absolute atomic E-state index is 2.43. The maximum Gasteiger partial charge on any atom is 0.0793 e. The van der Waals surface area contributed by atoms with Gasteiger partial charge in [-0.05, 0) is 19.3 Å². The minimum Gasteiger partial charge on any atom is -0.326 e. The number of piperidine rings is 1. The fourth-order valence-corrected chi connectivity index (χ4v) is 2.63. The predicted octanol–water partition coefficient (Wildman–Crippen LogP) is 2.75. The van der Waals surface area contributed by atoms with E-state index in [1.165, 1.54) is 49.8 Å². The molecule has 1 heterocycles. The number of quaternary nitrogens is 1. The number of likely N-dealkylation sites (tertiary alicyclic amines) is 1. The molecular formula is C13H22N+. The summed E-state index contributed by atoms with van der Waals surface area (Å²) in [6.45, 7) is 4.17. The molecule has 2 rings (SSSR count). The highest BCUT2D eigenvalue weighted by Gasteiger charge is 2.24. The van der Waals surface area contributed by atoms with Crippen LogP contribution in [0.4, 0.5) is 0 Å². The van der Waals surface area contributed by atoms with E-state index < -0.39 is 0 Å². The quantitative estimate of drug-likeness (QED) is 0.603. The van der Waals surface area contributed by atoms with Crippen molar-refractivity contribution in [1.29, 1.82) is 0 Å². The third-order valence-corrected chi connectivity index (χ3v) is 3.73. The summed E-state index contributed by atoms with van der Waals surface area (Å²) in [7, 11) is 2.43. The molecule has 0 N–H and O–H groups in total. The molecule has 0 aromatic heterocycles. The summed E-state index contributed by atoms with van der Waals surface area (Å²) >= 11 is 0. The molecule has 0 bridgehead atoms. The summed E-state index contributed by atoms with van der Waals surface area (Å²) in [6, 6.07) is 0. The van der Waals surface area contributed by atoms with E-state index in [0.717, 1.165) is 5.92 Å². The summed E-state index contributed by atoms with van der Waals surface area (Å²) in [4.78, 5) is 0. The van der Waals surface area contributed by atoms with E-state index >= 15 is 0 Å². The van der Waals surface area contributed by atoms with Crippen molar-refractivity contribution in [3.05, 3.63) is 24.3 Å². The second kappa shape index (κ2) is 4.31. The molecular weight excluding hydrogens is 170 g/mol. The Labute approximate surface area is 87.7 Å². The van der Waals surface area contributed by atoms with E-state index in [0.29, 0.717) is 0 Å². The van der Waals surface area contributed by atoms with Gasteiger partial charge < -0.3 is 4.48 Å². The van der Waals surface area contributed by atoms with Gasteiger partial charge in [-0.2, -0.15) is 0 Å². The van der Waals surface area contributed by atoms with Gasteiger partial charge in [0.2, 0.25) is 0 Å². The van der Waals surface area contributed by atoms with Crippen molar-refractivity contribution in [3.8, 4) is 0 Å². The SMILES string of the molecule is C[N+]1(CCC2C=CC=C2)CCCCC1. The Morgan fingerprint density at radius 1 is 1.07 bits per heavy atom. The molecule has 1 saturated heterocycles. The van der Waals surface area contributed by atoms with Gasteiger partial charge in [0.05, 0.1) is 26.7 Å². The van der Waals surface area contributed by atoms with Gasteiger partial charge in [-0.3, -0.25) is 0 Å². The predicted molar refractivity (Wildman–Crippen MR) is 61.0 cm³/mol. The van der Waals surface area contributed by atoms with Crippen LogP contribution < -0.4 is 0 Å². The van der Waals surface area contributed by atoms with E-state index in [-0.39, 0.29) is 0 Å². The summed E-state index contributed by atoms with van der Waals surface area (Å²) in [5.74, 6) is 0.729.